The van der Waals surface area contributed by atoms with Gasteiger partial charge in [0.05, 0.1) is 0 Å². The second kappa shape index (κ2) is 4.38. The van der Waals surface area contributed by atoms with E-state index in [1.807, 2.05) is 54.9 Å². The molecule has 0 radical (unpaired) electrons. The van der Waals surface area contributed by atoms with Crippen LogP contribution in [0.4, 0.5) is 0 Å². The molecule has 0 fully saturated rings. The van der Waals surface area contributed by atoms with Gasteiger partial charge in [-0.15, -0.1) is 0 Å². The van der Waals surface area contributed by atoms with Crippen molar-refractivity contribution < 1.29 is 0 Å². The summed E-state index contributed by atoms with van der Waals surface area (Å²) in [4.78, 5) is 4.10. The van der Waals surface area contributed by atoms with Crippen LogP contribution in [0.3, 0.4) is 0 Å². The van der Waals surface area contributed by atoms with Crippen LogP contribution >= 0.6 is 0 Å². The molecule has 0 amide bonds. The monoisotopic (exact) mass is 181 g/mol. The minimum absolute atomic E-state index is 1.14. The van der Waals surface area contributed by atoms with Crippen molar-refractivity contribution in [2.24, 2.45) is 0 Å². The van der Waals surface area contributed by atoms with Gasteiger partial charge < -0.3 is 0 Å². The van der Waals surface area contributed by atoms with Crippen molar-refractivity contribution in [1.82, 2.24) is 4.98 Å². The van der Waals surface area contributed by atoms with Gasteiger partial charge in [0.1, 0.15) is 0 Å². The second-order valence-electron chi connectivity index (χ2n) is 2.99. The molecule has 1 aromatic heterocycles. The Kier molecular flexibility index (Phi) is 2.72. The van der Waals surface area contributed by atoms with E-state index in [2.05, 4.69) is 17.1 Å². The Labute approximate surface area is 83.4 Å². The van der Waals surface area contributed by atoms with Crippen molar-refractivity contribution in [3.05, 3.63) is 67.0 Å². The third-order valence-electron chi connectivity index (χ3n) is 1.99. The highest BCUT2D eigenvalue weighted by molar-refractivity contribution is 5.79. The summed E-state index contributed by atoms with van der Waals surface area (Å²) >= 11 is 0. The molecule has 2 aromatic rings. The zero-order valence-electron chi connectivity index (χ0n) is 7.80. The van der Waals surface area contributed by atoms with E-state index in [4.69, 9.17) is 0 Å². The van der Waals surface area contributed by atoms with Crippen molar-refractivity contribution in [3.63, 3.8) is 0 Å². The minimum Gasteiger partial charge on any atom is -0.264 e. The summed E-state index contributed by atoms with van der Waals surface area (Å²) in [5, 5.41) is 2.33. The first kappa shape index (κ1) is 8.70. The van der Waals surface area contributed by atoms with E-state index < -0.39 is 0 Å². The second-order valence-corrected chi connectivity index (χ2v) is 2.99. The molecule has 68 valence electrons. The maximum atomic E-state index is 4.10. The first-order valence-electron chi connectivity index (χ1n) is 4.59. The molecule has 1 nitrogen and oxygen atoms in total. The van der Waals surface area contributed by atoms with Crippen molar-refractivity contribution in [3.8, 4) is 0 Å². The van der Waals surface area contributed by atoms with Gasteiger partial charge in [-0.25, -0.2) is 0 Å². The quantitative estimate of drug-likeness (QED) is 0.607. The first-order valence-corrected chi connectivity index (χ1v) is 4.59. The van der Waals surface area contributed by atoms with Gasteiger partial charge in [-0.3, -0.25) is 4.98 Å². The summed E-state index contributed by atoms with van der Waals surface area (Å²) in [5.41, 5.74) is 0. The lowest BCUT2D eigenvalue weighted by molar-refractivity contribution is 1.37. The van der Waals surface area contributed by atoms with Crippen LogP contribution in [-0.2, 0) is 0 Å². The van der Waals surface area contributed by atoms with Crippen LogP contribution in [0.25, 0.3) is 10.8 Å². The molecular weight excluding hydrogens is 170 g/mol. The predicted molar refractivity (Wildman–Crippen MR) is 59.4 cm³/mol. The highest BCUT2D eigenvalue weighted by Crippen LogP contribution is 2.07. The van der Waals surface area contributed by atoms with E-state index in [0.717, 1.165) is 5.39 Å². The number of fused-ring (bicyclic) bond motifs is 1. The lowest BCUT2D eigenvalue weighted by Crippen LogP contribution is -1.69. The van der Waals surface area contributed by atoms with Crippen LogP contribution in [0.15, 0.2) is 67.0 Å². The molecule has 0 atom stereocenters. The summed E-state index contributed by atoms with van der Waals surface area (Å²) in [6, 6.07) is 18.2. The standard InChI is InChI=1S/C13H11N/c1-2-4-6-8-13-11-14-10-9-12(13)7-5-3-1/h1-11H. The largest absolute Gasteiger partial charge is 0.264 e. The highest BCUT2D eigenvalue weighted by Gasteiger charge is 1.84. The molecule has 0 aliphatic heterocycles. The van der Waals surface area contributed by atoms with Gasteiger partial charge in [-0.1, -0.05) is 48.5 Å². The molecule has 1 heterocycles. The Morgan fingerprint density at radius 3 is 2.07 bits per heavy atom. The van der Waals surface area contributed by atoms with Crippen LogP contribution in [0.5, 0.6) is 0 Å². The highest BCUT2D eigenvalue weighted by atomic mass is 14.6. The van der Waals surface area contributed by atoms with Gasteiger partial charge >= 0.3 is 0 Å². The fraction of sp³-hybridized carbons (Fsp3) is 0. The Morgan fingerprint density at radius 2 is 1.29 bits per heavy atom. The van der Waals surface area contributed by atoms with E-state index in [9.17, 15) is 0 Å². The van der Waals surface area contributed by atoms with Crippen LogP contribution in [-0.4, -0.2) is 4.98 Å². The van der Waals surface area contributed by atoms with Crippen molar-refractivity contribution >= 4 is 10.8 Å². The van der Waals surface area contributed by atoms with Crippen molar-refractivity contribution in [1.29, 1.82) is 0 Å². The molecule has 0 aliphatic rings. The van der Waals surface area contributed by atoms with Gasteiger partial charge in [0.25, 0.3) is 0 Å². The Bertz CT molecular complexity index is 430. The van der Waals surface area contributed by atoms with Crippen molar-refractivity contribution in [2.45, 2.75) is 0 Å². The molecule has 0 aliphatic carbocycles. The third kappa shape index (κ3) is 2.07. The molecule has 1 aromatic carbocycles. The normalized spacial score (nSPS) is 9.43. The zero-order chi connectivity index (χ0) is 9.64. The fourth-order valence-electron chi connectivity index (χ4n) is 1.28. The smallest absolute Gasteiger partial charge is 0.0346 e. The molecule has 0 spiro atoms. The first-order chi connectivity index (χ1) is 6.97. The van der Waals surface area contributed by atoms with Crippen LogP contribution in [0, 0.1) is 0 Å². The SMILES string of the molecule is c1ccccc2cnccc2ccc1. The maximum absolute atomic E-state index is 4.10. The van der Waals surface area contributed by atoms with Crippen LogP contribution < -0.4 is 0 Å². The molecule has 0 unspecified atom stereocenters. The van der Waals surface area contributed by atoms with E-state index in [-0.39, 0.29) is 0 Å². The summed E-state index contributed by atoms with van der Waals surface area (Å²) < 4.78 is 0. The number of hydrogen-bond donors (Lipinski definition) is 0. The van der Waals surface area contributed by atoms with Crippen LogP contribution in [0.2, 0.25) is 0 Å². The number of aromatic nitrogens is 1. The van der Waals surface area contributed by atoms with Gasteiger partial charge in [0.2, 0.25) is 0 Å². The summed E-state index contributed by atoms with van der Waals surface area (Å²) in [6.45, 7) is 0. The molecule has 1 heteroatoms. The molecule has 0 N–H and O–H groups in total. The molecule has 0 saturated carbocycles. The van der Waals surface area contributed by atoms with Crippen molar-refractivity contribution in [2.75, 3.05) is 0 Å². The lowest BCUT2D eigenvalue weighted by atomic mass is 10.2. The minimum atomic E-state index is 1.14. The summed E-state index contributed by atoms with van der Waals surface area (Å²) in [6.07, 6.45) is 3.68. The Balaban J connectivity index is 2.76. The summed E-state index contributed by atoms with van der Waals surface area (Å²) in [7, 11) is 0. The van der Waals surface area contributed by atoms with E-state index >= 15 is 0 Å². The van der Waals surface area contributed by atoms with Gasteiger partial charge in [-0.2, -0.15) is 0 Å². The van der Waals surface area contributed by atoms with E-state index in [1.165, 1.54) is 5.39 Å². The van der Waals surface area contributed by atoms with Gasteiger partial charge in [0, 0.05) is 12.4 Å². The number of hydrogen-bond acceptors (Lipinski definition) is 1. The third-order valence-corrected chi connectivity index (χ3v) is 1.99. The lowest BCUT2D eigenvalue weighted by Gasteiger charge is -1.89. The van der Waals surface area contributed by atoms with E-state index in [0.29, 0.717) is 0 Å². The molecule has 2 rings (SSSR count). The number of nitrogens with zero attached hydrogens (tertiary/aromatic N) is 1. The number of pyridine rings is 1. The zero-order valence-corrected chi connectivity index (χ0v) is 7.80. The topological polar surface area (TPSA) is 12.9 Å². The average Bonchev–Trinajstić information content (AvgIpc) is 2.25. The fourth-order valence-corrected chi connectivity index (χ4v) is 1.28. The predicted octanol–water partition coefficient (Wildman–Crippen LogP) is 3.36. The summed E-state index contributed by atoms with van der Waals surface area (Å²) in [5.74, 6) is 0. The van der Waals surface area contributed by atoms with E-state index in [1.54, 1.807) is 0 Å². The molecule has 0 bridgehead atoms. The van der Waals surface area contributed by atoms with Gasteiger partial charge in [-0.05, 0) is 16.8 Å². The molecule has 14 heavy (non-hydrogen) atoms. The Morgan fingerprint density at radius 1 is 0.643 bits per heavy atom. The van der Waals surface area contributed by atoms with Crippen LogP contribution in [0.1, 0.15) is 0 Å². The number of rotatable bonds is 0. The molecule has 0 saturated heterocycles. The van der Waals surface area contributed by atoms with Gasteiger partial charge in [0.15, 0.2) is 0 Å². The average molecular weight is 181 g/mol. The molecular formula is C13H11N. The Hall–Kier alpha value is -1.89. The maximum Gasteiger partial charge on any atom is 0.0346 e.